The van der Waals surface area contributed by atoms with Crippen LogP contribution in [0.5, 0.6) is 0 Å². The maximum Gasteiger partial charge on any atom is 0.357 e. The van der Waals surface area contributed by atoms with E-state index < -0.39 is 21.0 Å². The van der Waals surface area contributed by atoms with Gasteiger partial charge in [-0.3, -0.25) is 4.55 Å². The van der Waals surface area contributed by atoms with E-state index in [2.05, 4.69) is 4.74 Å². The minimum atomic E-state index is -4.58. The minimum absolute atomic E-state index is 0.0170. The Kier molecular flexibility index (Phi) is 4.38. The molecule has 0 atom stereocenters. The van der Waals surface area contributed by atoms with E-state index in [-0.39, 0.29) is 22.6 Å². The van der Waals surface area contributed by atoms with Gasteiger partial charge in [0.05, 0.1) is 24.0 Å². The van der Waals surface area contributed by atoms with Crippen LogP contribution >= 0.6 is 0 Å². The number of carbonyl (C=O) groups is 1. The Labute approximate surface area is 138 Å². The molecule has 0 saturated carbocycles. The van der Waals surface area contributed by atoms with Crippen LogP contribution in [0.15, 0.2) is 23.2 Å². The highest BCUT2D eigenvalue weighted by Crippen LogP contribution is 2.31. The topological polar surface area (TPSA) is 135 Å². The van der Waals surface area contributed by atoms with Crippen LogP contribution in [0.25, 0.3) is 5.69 Å². The zero-order valence-electron chi connectivity index (χ0n) is 13.2. The molecule has 2 rings (SSSR count). The van der Waals surface area contributed by atoms with Gasteiger partial charge in [0.25, 0.3) is 10.1 Å². The summed E-state index contributed by atoms with van der Waals surface area (Å²) in [6, 6.07) is 4.77. The van der Waals surface area contributed by atoms with Crippen LogP contribution < -0.4 is 5.73 Å². The number of hydrogen-bond donors (Lipinski definition) is 2. The number of carbonyl (C=O) groups excluding carboxylic acids is 1. The van der Waals surface area contributed by atoms with Gasteiger partial charge in [-0.15, -0.1) is 0 Å². The monoisotopic (exact) mass is 349 g/mol. The molecule has 0 unspecified atom stereocenters. The molecule has 1 aromatic carbocycles. The molecule has 0 bridgehead atoms. The van der Waals surface area contributed by atoms with E-state index in [0.717, 1.165) is 11.7 Å². The number of anilines is 1. The van der Waals surface area contributed by atoms with E-state index in [1.54, 1.807) is 19.9 Å². The first-order valence-corrected chi connectivity index (χ1v) is 8.14. The Morgan fingerprint density at radius 3 is 2.50 bits per heavy atom. The Morgan fingerprint density at radius 1 is 1.38 bits per heavy atom. The third kappa shape index (κ3) is 2.84. The Bertz CT molecular complexity index is 984. The van der Waals surface area contributed by atoms with Gasteiger partial charge in [0, 0.05) is 6.20 Å². The molecule has 2 aromatic rings. The van der Waals surface area contributed by atoms with Gasteiger partial charge in [-0.1, -0.05) is 6.07 Å². The second-order valence-corrected chi connectivity index (χ2v) is 6.57. The van der Waals surface area contributed by atoms with Crippen molar-refractivity contribution in [1.82, 2.24) is 4.57 Å². The summed E-state index contributed by atoms with van der Waals surface area (Å²) in [4.78, 5) is 11.7. The van der Waals surface area contributed by atoms with Crippen molar-refractivity contribution < 1.29 is 22.5 Å². The number of aryl methyl sites for hydroxylation is 2. The van der Waals surface area contributed by atoms with Crippen LogP contribution in [0.1, 0.15) is 27.2 Å². The van der Waals surface area contributed by atoms with Gasteiger partial charge in [0.15, 0.2) is 5.69 Å². The first kappa shape index (κ1) is 17.5. The molecule has 0 spiro atoms. The summed E-state index contributed by atoms with van der Waals surface area (Å²) in [6.07, 6.45) is 1.23. The van der Waals surface area contributed by atoms with E-state index in [9.17, 15) is 17.8 Å². The maximum atomic E-state index is 12.1. The largest absolute Gasteiger partial charge is 0.464 e. The maximum absolute atomic E-state index is 12.1. The summed E-state index contributed by atoms with van der Waals surface area (Å²) in [5, 5.41) is 9.14. The lowest BCUT2D eigenvalue weighted by Gasteiger charge is -2.15. The number of esters is 1. The Hall–Kier alpha value is -2.83. The molecule has 24 heavy (non-hydrogen) atoms. The molecular formula is C15H15N3O5S. The van der Waals surface area contributed by atoms with Crippen molar-refractivity contribution in [1.29, 1.82) is 5.26 Å². The molecule has 1 aromatic heterocycles. The number of benzene rings is 1. The van der Waals surface area contributed by atoms with Crippen LogP contribution in [0.2, 0.25) is 0 Å². The van der Waals surface area contributed by atoms with E-state index in [0.29, 0.717) is 11.1 Å². The molecule has 9 heteroatoms. The quantitative estimate of drug-likeness (QED) is 0.634. The fourth-order valence-corrected chi connectivity index (χ4v) is 3.36. The highest BCUT2D eigenvalue weighted by atomic mass is 32.2. The standard InChI is InChI=1S/C15H15N3O5S/c1-8-4-9(2)13(11(5-8)24(20,21)22)18-7-10(6-16)12(17)14(18)15(19)23-3/h4-5,7H,17H2,1-3H3,(H,20,21,22). The van der Waals surface area contributed by atoms with E-state index in [1.165, 1.54) is 12.3 Å². The smallest absolute Gasteiger partial charge is 0.357 e. The van der Waals surface area contributed by atoms with Crippen LogP contribution in [-0.2, 0) is 14.9 Å². The number of nitrogens with zero attached hydrogens (tertiary/aromatic N) is 2. The zero-order chi connectivity index (χ0) is 18.2. The molecule has 0 aliphatic heterocycles. The van der Waals surface area contributed by atoms with Crippen molar-refractivity contribution in [2.24, 2.45) is 0 Å². The number of hydrogen-bond acceptors (Lipinski definition) is 6. The molecule has 0 saturated heterocycles. The molecule has 8 nitrogen and oxygen atoms in total. The van der Waals surface area contributed by atoms with Gasteiger partial charge < -0.3 is 15.0 Å². The summed E-state index contributed by atoms with van der Waals surface area (Å²) in [7, 11) is -3.45. The molecule has 0 fully saturated rings. The molecule has 1 heterocycles. The van der Waals surface area contributed by atoms with Gasteiger partial charge >= 0.3 is 5.97 Å². The summed E-state index contributed by atoms with van der Waals surface area (Å²) in [5.41, 5.74) is 6.56. The number of rotatable bonds is 3. The van der Waals surface area contributed by atoms with Gasteiger partial charge in [0.2, 0.25) is 0 Å². The summed E-state index contributed by atoms with van der Waals surface area (Å²) >= 11 is 0. The molecular weight excluding hydrogens is 334 g/mol. The predicted octanol–water partition coefficient (Wildman–Crippen LogP) is 1.58. The molecule has 3 N–H and O–H groups in total. The van der Waals surface area contributed by atoms with Crippen molar-refractivity contribution in [3.8, 4) is 11.8 Å². The van der Waals surface area contributed by atoms with Crippen molar-refractivity contribution in [2.75, 3.05) is 12.8 Å². The second kappa shape index (κ2) is 5.99. The summed E-state index contributed by atoms with van der Waals surface area (Å²) < 4.78 is 38.9. The second-order valence-electron chi connectivity index (χ2n) is 5.18. The summed E-state index contributed by atoms with van der Waals surface area (Å²) in [5.74, 6) is -0.838. The SMILES string of the molecule is COC(=O)c1c(N)c(C#N)cn1-c1c(C)cc(C)cc1S(=O)(=O)O. The van der Waals surface area contributed by atoms with Gasteiger partial charge in [-0.05, 0) is 31.0 Å². The van der Waals surface area contributed by atoms with Crippen LogP contribution in [0.4, 0.5) is 5.69 Å². The minimum Gasteiger partial charge on any atom is -0.464 e. The third-order valence-electron chi connectivity index (χ3n) is 3.47. The fourth-order valence-electron chi connectivity index (χ4n) is 2.52. The number of nitriles is 1. The molecule has 0 radical (unpaired) electrons. The average molecular weight is 349 g/mol. The lowest BCUT2D eigenvalue weighted by atomic mass is 10.1. The first-order valence-electron chi connectivity index (χ1n) is 6.70. The van der Waals surface area contributed by atoms with E-state index in [1.807, 2.05) is 6.07 Å². The Balaban J connectivity index is 2.98. The number of nitrogen functional groups attached to an aromatic ring is 1. The lowest BCUT2D eigenvalue weighted by Crippen LogP contribution is -2.15. The zero-order valence-corrected chi connectivity index (χ0v) is 14.0. The van der Waals surface area contributed by atoms with E-state index >= 15 is 0 Å². The number of ether oxygens (including phenoxy) is 1. The van der Waals surface area contributed by atoms with E-state index in [4.69, 9.17) is 11.0 Å². The van der Waals surface area contributed by atoms with Crippen LogP contribution in [0.3, 0.4) is 0 Å². The first-order chi connectivity index (χ1) is 11.1. The van der Waals surface area contributed by atoms with Crippen molar-refractivity contribution in [3.05, 3.63) is 40.7 Å². The lowest BCUT2D eigenvalue weighted by molar-refractivity contribution is 0.0593. The highest BCUT2D eigenvalue weighted by Gasteiger charge is 2.27. The molecule has 0 amide bonds. The third-order valence-corrected chi connectivity index (χ3v) is 4.34. The molecule has 0 aliphatic carbocycles. The van der Waals surface area contributed by atoms with Crippen LogP contribution in [0, 0.1) is 25.2 Å². The number of methoxy groups -OCH3 is 1. The van der Waals surface area contributed by atoms with Crippen molar-refractivity contribution in [3.63, 3.8) is 0 Å². The van der Waals surface area contributed by atoms with Gasteiger partial charge in [0.1, 0.15) is 11.0 Å². The molecule has 126 valence electrons. The number of nitrogens with two attached hydrogens (primary N) is 1. The van der Waals surface area contributed by atoms with Gasteiger partial charge in [-0.25, -0.2) is 4.79 Å². The number of aromatic nitrogens is 1. The fraction of sp³-hybridized carbons (Fsp3) is 0.200. The predicted molar refractivity (Wildman–Crippen MR) is 85.5 cm³/mol. The Morgan fingerprint density at radius 2 is 2.00 bits per heavy atom. The summed E-state index contributed by atoms with van der Waals surface area (Å²) in [6.45, 7) is 3.28. The molecule has 0 aliphatic rings. The highest BCUT2D eigenvalue weighted by molar-refractivity contribution is 7.86. The average Bonchev–Trinajstić information content (AvgIpc) is 2.81. The van der Waals surface area contributed by atoms with Crippen molar-refractivity contribution in [2.45, 2.75) is 18.7 Å². The normalized spacial score (nSPS) is 11.1. The van der Waals surface area contributed by atoms with Crippen LogP contribution in [-0.4, -0.2) is 30.6 Å². The van der Waals surface area contributed by atoms with Crippen molar-refractivity contribution >= 4 is 21.8 Å². The van der Waals surface area contributed by atoms with Gasteiger partial charge in [-0.2, -0.15) is 13.7 Å².